The molecule has 1 saturated heterocycles. The number of aryl methyl sites for hydroxylation is 1. The average molecular weight is 429 g/mol. The Kier molecular flexibility index (Phi) is 5.89. The SMILES string of the molecule is CCOc1ccc(/C=C2/NC(=O)N(CC(=O)Nc3cccc(C)c3)C2=O)c2ccccc12. The van der Waals surface area contributed by atoms with Crippen LogP contribution in [0.25, 0.3) is 16.8 Å². The highest BCUT2D eigenvalue weighted by Gasteiger charge is 2.35. The molecule has 0 aromatic heterocycles. The second-order valence-electron chi connectivity index (χ2n) is 7.43. The van der Waals surface area contributed by atoms with E-state index in [0.29, 0.717) is 12.3 Å². The maximum absolute atomic E-state index is 12.8. The molecule has 1 aliphatic rings. The molecule has 7 nitrogen and oxygen atoms in total. The lowest BCUT2D eigenvalue weighted by molar-refractivity contribution is -0.127. The summed E-state index contributed by atoms with van der Waals surface area (Å²) in [6.45, 7) is 3.99. The van der Waals surface area contributed by atoms with Gasteiger partial charge < -0.3 is 15.4 Å². The van der Waals surface area contributed by atoms with E-state index in [1.807, 2.05) is 68.4 Å². The van der Waals surface area contributed by atoms with Gasteiger partial charge in [0.05, 0.1) is 6.61 Å². The predicted octanol–water partition coefficient (Wildman–Crippen LogP) is 4.08. The molecule has 0 aliphatic carbocycles. The zero-order valence-corrected chi connectivity index (χ0v) is 17.8. The fraction of sp³-hybridized carbons (Fsp3) is 0.160. The lowest BCUT2D eigenvalue weighted by Gasteiger charge is -2.12. The first kappa shape index (κ1) is 21.1. The number of carbonyl (C=O) groups is 3. The molecule has 3 aromatic rings. The smallest absolute Gasteiger partial charge is 0.329 e. The second-order valence-corrected chi connectivity index (χ2v) is 7.43. The van der Waals surface area contributed by atoms with E-state index < -0.39 is 17.8 Å². The Hall–Kier alpha value is -4.13. The van der Waals surface area contributed by atoms with Crippen LogP contribution in [0.5, 0.6) is 5.75 Å². The number of fused-ring (bicyclic) bond motifs is 1. The fourth-order valence-corrected chi connectivity index (χ4v) is 3.64. The second kappa shape index (κ2) is 8.93. The van der Waals surface area contributed by atoms with E-state index in [4.69, 9.17) is 4.74 Å². The van der Waals surface area contributed by atoms with Crippen LogP contribution in [0.2, 0.25) is 0 Å². The van der Waals surface area contributed by atoms with Crippen LogP contribution in [-0.2, 0) is 9.59 Å². The molecule has 1 fully saturated rings. The highest BCUT2D eigenvalue weighted by atomic mass is 16.5. The quantitative estimate of drug-likeness (QED) is 0.457. The summed E-state index contributed by atoms with van der Waals surface area (Å²) >= 11 is 0. The van der Waals surface area contributed by atoms with E-state index in [2.05, 4.69) is 10.6 Å². The third-order valence-corrected chi connectivity index (χ3v) is 5.08. The van der Waals surface area contributed by atoms with Crippen molar-refractivity contribution >= 4 is 40.4 Å². The van der Waals surface area contributed by atoms with Crippen LogP contribution in [0.15, 0.2) is 66.4 Å². The molecule has 4 rings (SSSR count). The summed E-state index contributed by atoms with van der Waals surface area (Å²) in [5.41, 5.74) is 2.48. The van der Waals surface area contributed by atoms with Crippen LogP contribution in [0.4, 0.5) is 10.5 Å². The minimum atomic E-state index is -0.629. The van der Waals surface area contributed by atoms with Crippen molar-refractivity contribution in [2.24, 2.45) is 0 Å². The third kappa shape index (κ3) is 4.32. The van der Waals surface area contributed by atoms with Crippen molar-refractivity contribution in [3.05, 3.63) is 77.5 Å². The van der Waals surface area contributed by atoms with Gasteiger partial charge in [0.25, 0.3) is 5.91 Å². The number of nitrogens with one attached hydrogen (secondary N) is 2. The van der Waals surface area contributed by atoms with Crippen LogP contribution in [0.1, 0.15) is 18.1 Å². The van der Waals surface area contributed by atoms with Crippen LogP contribution in [-0.4, -0.2) is 35.9 Å². The minimum Gasteiger partial charge on any atom is -0.493 e. The molecule has 2 N–H and O–H groups in total. The van der Waals surface area contributed by atoms with Gasteiger partial charge in [0.1, 0.15) is 18.0 Å². The Bertz CT molecular complexity index is 1250. The minimum absolute atomic E-state index is 0.118. The van der Waals surface area contributed by atoms with Crippen LogP contribution in [0, 0.1) is 6.92 Å². The van der Waals surface area contributed by atoms with E-state index in [1.54, 1.807) is 12.1 Å². The molecule has 32 heavy (non-hydrogen) atoms. The molecule has 1 heterocycles. The van der Waals surface area contributed by atoms with Gasteiger partial charge in [-0.3, -0.25) is 9.59 Å². The Morgan fingerprint density at radius 2 is 1.84 bits per heavy atom. The monoisotopic (exact) mass is 429 g/mol. The number of carbonyl (C=O) groups excluding carboxylic acids is 3. The molecule has 0 unspecified atom stereocenters. The number of ether oxygens (including phenoxy) is 1. The highest BCUT2D eigenvalue weighted by molar-refractivity contribution is 6.16. The summed E-state index contributed by atoms with van der Waals surface area (Å²) in [6.07, 6.45) is 1.62. The molecule has 7 heteroatoms. The predicted molar refractivity (Wildman–Crippen MR) is 123 cm³/mol. The number of rotatable bonds is 6. The van der Waals surface area contributed by atoms with Crippen molar-refractivity contribution in [3.63, 3.8) is 0 Å². The highest BCUT2D eigenvalue weighted by Crippen LogP contribution is 2.30. The van der Waals surface area contributed by atoms with Gasteiger partial charge in [-0.25, -0.2) is 9.69 Å². The van der Waals surface area contributed by atoms with Crippen molar-refractivity contribution in [3.8, 4) is 5.75 Å². The van der Waals surface area contributed by atoms with Crippen molar-refractivity contribution in [1.82, 2.24) is 10.2 Å². The molecule has 0 saturated carbocycles. The van der Waals surface area contributed by atoms with Crippen LogP contribution < -0.4 is 15.4 Å². The van der Waals surface area contributed by atoms with Gasteiger partial charge in [-0.1, -0.05) is 42.5 Å². The normalized spacial score (nSPS) is 14.7. The standard InChI is InChI=1S/C25H23N3O4/c1-3-32-22-12-11-17(19-9-4-5-10-20(19)22)14-21-24(30)28(25(31)27-21)15-23(29)26-18-8-6-7-16(2)13-18/h4-14H,3,15H2,1-2H3,(H,26,29)(H,27,31)/b21-14+. The lowest BCUT2D eigenvalue weighted by atomic mass is 10.0. The molecule has 0 spiro atoms. The zero-order valence-electron chi connectivity index (χ0n) is 17.8. The molecular formula is C25H23N3O4. The lowest BCUT2D eigenvalue weighted by Crippen LogP contribution is -2.38. The third-order valence-electron chi connectivity index (χ3n) is 5.08. The Labute approximate surface area is 185 Å². The molecule has 1 aliphatic heterocycles. The van der Waals surface area contributed by atoms with Gasteiger partial charge in [0, 0.05) is 11.1 Å². The average Bonchev–Trinajstić information content (AvgIpc) is 3.03. The molecule has 4 amide bonds. The molecule has 0 atom stereocenters. The number of nitrogens with zero attached hydrogens (tertiary/aromatic N) is 1. The van der Waals surface area contributed by atoms with E-state index in [9.17, 15) is 14.4 Å². The van der Waals surface area contributed by atoms with Crippen LogP contribution >= 0.6 is 0 Å². The van der Waals surface area contributed by atoms with Gasteiger partial charge in [-0.05, 0) is 54.6 Å². The fourth-order valence-electron chi connectivity index (χ4n) is 3.64. The number of benzene rings is 3. The topological polar surface area (TPSA) is 87.7 Å². The summed E-state index contributed by atoms with van der Waals surface area (Å²) in [5, 5.41) is 7.09. The van der Waals surface area contributed by atoms with Crippen LogP contribution in [0.3, 0.4) is 0 Å². The Morgan fingerprint density at radius 1 is 1.06 bits per heavy atom. The van der Waals surface area contributed by atoms with Gasteiger partial charge in [0.15, 0.2) is 0 Å². The molecule has 0 radical (unpaired) electrons. The Balaban J connectivity index is 1.55. The summed E-state index contributed by atoms with van der Waals surface area (Å²) < 4.78 is 5.69. The van der Waals surface area contributed by atoms with E-state index >= 15 is 0 Å². The van der Waals surface area contributed by atoms with Gasteiger partial charge >= 0.3 is 6.03 Å². The summed E-state index contributed by atoms with van der Waals surface area (Å²) in [6, 6.07) is 18.0. The van der Waals surface area contributed by atoms with Crippen molar-refractivity contribution < 1.29 is 19.1 Å². The number of anilines is 1. The number of imide groups is 1. The van der Waals surface area contributed by atoms with Gasteiger partial charge in [0.2, 0.25) is 5.91 Å². The molecule has 3 aromatic carbocycles. The maximum Gasteiger partial charge on any atom is 0.329 e. The summed E-state index contributed by atoms with van der Waals surface area (Å²) in [4.78, 5) is 38.5. The molecule has 0 bridgehead atoms. The summed E-state index contributed by atoms with van der Waals surface area (Å²) in [5.74, 6) is -0.249. The first-order valence-corrected chi connectivity index (χ1v) is 10.3. The largest absolute Gasteiger partial charge is 0.493 e. The van der Waals surface area contributed by atoms with Crippen molar-refractivity contribution in [1.29, 1.82) is 0 Å². The Morgan fingerprint density at radius 3 is 2.59 bits per heavy atom. The summed E-state index contributed by atoms with van der Waals surface area (Å²) in [7, 11) is 0. The number of urea groups is 1. The number of hydrogen-bond acceptors (Lipinski definition) is 4. The van der Waals surface area contributed by atoms with E-state index in [-0.39, 0.29) is 12.2 Å². The number of hydrogen-bond donors (Lipinski definition) is 2. The number of amides is 4. The molecular weight excluding hydrogens is 406 g/mol. The maximum atomic E-state index is 12.8. The zero-order chi connectivity index (χ0) is 22.7. The van der Waals surface area contributed by atoms with Crippen molar-refractivity contribution in [2.45, 2.75) is 13.8 Å². The first-order valence-electron chi connectivity index (χ1n) is 10.3. The van der Waals surface area contributed by atoms with Gasteiger partial charge in [-0.2, -0.15) is 0 Å². The van der Waals surface area contributed by atoms with E-state index in [0.717, 1.165) is 32.5 Å². The van der Waals surface area contributed by atoms with Gasteiger partial charge in [-0.15, -0.1) is 0 Å². The van der Waals surface area contributed by atoms with Crippen molar-refractivity contribution in [2.75, 3.05) is 18.5 Å². The molecule has 162 valence electrons. The van der Waals surface area contributed by atoms with E-state index in [1.165, 1.54) is 0 Å². The first-order chi connectivity index (χ1) is 15.5.